The van der Waals surface area contributed by atoms with Crippen LogP contribution in [0.1, 0.15) is 16.7 Å². The van der Waals surface area contributed by atoms with Crippen molar-refractivity contribution < 1.29 is 18.9 Å². The molecule has 2 aromatic rings. The summed E-state index contributed by atoms with van der Waals surface area (Å²) in [6.45, 7) is 2.03. The molecule has 4 N–H and O–H groups in total. The first kappa shape index (κ1) is 15.3. The maximum absolute atomic E-state index is 5.97. The van der Waals surface area contributed by atoms with E-state index in [0.717, 1.165) is 5.56 Å². The highest BCUT2D eigenvalue weighted by atomic mass is 16.9. The second kappa shape index (κ2) is 5.56. The van der Waals surface area contributed by atoms with Crippen LogP contribution < -0.4 is 20.9 Å². The molecular formula is C15H18N4O4. The average molecular weight is 318 g/mol. The molecule has 0 radical (unpaired) electrons. The Kier molecular flexibility index (Phi) is 3.70. The van der Waals surface area contributed by atoms with Crippen molar-refractivity contribution in [1.29, 1.82) is 0 Å². The van der Waals surface area contributed by atoms with Gasteiger partial charge in [-0.25, -0.2) is 4.98 Å². The Bertz CT molecular complexity index is 721. The summed E-state index contributed by atoms with van der Waals surface area (Å²) < 4.78 is 22.2. The fourth-order valence-electron chi connectivity index (χ4n) is 2.59. The van der Waals surface area contributed by atoms with Gasteiger partial charge in [0.25, 0.3) is 0 Å². The van der Waals surface area contributed by atoms with Gasteiger partial charge in [0.15, 0.2) is 6.79 Å². The Labute approximate surface area is 133 Å². The molecule has 1 aromatic heterocycles. The first-order valence-electron chi connectivity index (χ1n) is 6.91. The van der Waals surface area contributed by atoms with Gasteiger partial charge >= 0.3 is 0 Å². The van der Waals surface area contributed by atoms with Crippen LogP contribution in [0.15, 0.2) is 18.3 Å². The number of hydrogen-bond donors (Lipinski definition) is 2. The zero-order chi connectivity index (χ0) is 16.6. The van der Waals surface area contributed by atoms with E-state index in [1.54, 1.807) is 14.2 Å². The topological polar surface area (TPSA) is 115 Å². The van der Waals surface area contributed by atoms with Crippen LogP contribution >= 0.6 is 0 Å². The minimum absolute atomic E-state index is 0.0831. The summed E-state index contributed by atoms with van der Waals surface area (Å²) in [6, 6.07) is 3.62. The predicted octanol–water partition coefficient (Wildman–Crippen LogP) is 1.17. The molecule has 1 saturated heterocycles. The highest BCUT2D eigenvalue weighted by molar-refractivity contribution is 5.54. The van der Waals surface area contributed by atoms with Crippen LogP contribution in [0.4, 0.5) is 11.8 Å². The molecule has 1 aliphatic rings. The van der Waals surface area contributed by atoms with Crippen LogP contribution in [0, 0.1) is 6.92 Å². The van der Waals surface area contributed by atoms with Crippen molar-refractivity contribution >= 4 is 11.8 Å². The summed E-state index contributed by atoms with van der Waals surface area (Å²) in [7, 11) is 3.17. The third-order valence-corrected chi connectivity index (χ3v) is 3.85. The standard InChI is InChI=1S/C15H18N4O4/c1-8-11(20-2)4-9(5-12(8)21-3)15(22-7-23-15)10-6-18-14(17)19-13(10)16/h4-6H,7H2,1-3H3,(H4,16,17,18,19). The zero-order valence-corrected chi connectivity index (χ0v) is 13.1. The molecular weight excluding hydrogens is 300 g/mol. The van der Waals surface area contributed by atoms with Gasteiger partial charge in [-0.15, -0.1) is 0 Å². The SMILES string of the molecule is COc1cc(C2(c3cnc(N)nc3N)OCO2)cc(OC)c1C. The second-order valence-electron chi connectivity index (χ2n) is 5.06. The molecule has 0 aliphatic carbocycles. The largest absolute Gasteiger partial charge is 0.496 e. The van der Waals surface area contributed by atoms with E-state index in [4.69, 9.17) is 30.4 Å². The van der Waals surface area contributed by atoms with Crippen LogP contribution in [-0.2, 0) is 15.3 Å². The van der Waals surface area contributed by atoms with Crippen molar-refractivity contribution in [3.05, 3.63) is 35.0 Å². The van der Waals surface area contributed by atoms with E-state index in [-0.39, 0.29) is 18.6 Å². The first-order valence-corrected chi connectivity index (χ1v) is 6.91. The molecule has 1 aromatic carbocycles. The van der Waals surface area contributed by atoms with Gasteiger partial charge in [-0.3, -0.25) is 0 Å². The van der Waals surface area contributed by atoms with Crippen molar-refractivity contribution in [1.82, 2.24) is 9.97 Å². The number of aromatic nitrogens is 2. The molecule has 1 fully saturated rings. The maximum Gasteiger partial charge on any atom is 0.231 e. The minimum atomic E-state index is -1.20. The highest BCUT2D eigenvalue weighted by Crippen LogP contribution is 2.46. The normalized spacial score (nSPS) is 15.8. The number of benzene rings is 1. The van der Waals surface area contributed by atoms with Crippen LogP contribution in [0.2, 0.25) is 0 Å². The number of nitrogens with zero attached hydrogens (tertiary/aromatic N) is 2. The summed E-state index contributed by atoms with van der Waals surface area (Å²) in [6.07, 6.45) is 1.50. The molecule has 2 heterocycles. The molecule has 3 rings (SSSR count). The van der Waals surface area contributed by atoms with Crippen molar-refractivity contribution in [2.45, 2.75) is 12.7 Å². The van der Waals surface area contributed by atoms with Gasteiger partial charge in [-0.2, -0.15) is 4.98 Å². The van der Waals surface area contributed by atoms with Gasteiger partial charge in [0.2, 0.25) is 11.7 Å². The first-order chi connectivity index (χ1) is 11.0. The van der Waals surface area contributed by atoms with Crippen LogP contribution in [0.5, 0.6) is 11.5 Å². The number of nitrogens with two attached hydrogens (primary N) is 2. The zero-order valence-electron chi connectivity index (χ0n) is 13.1. The van der Waals surface area contributed by atoms with Gasteiger partial charge in [0.1, 0.15) is 17.3 Å². The van der Waals surface area contributed by atoms with E-state index in [1.807, 2.05) is 19.1 Å². The van der Waals surface area contributed by atoms with Gasteiger partial charge in [-0.05, 0) is 19.1 Å². The number of hydrogen-bond acceptors (Lipinski definition) is 8. The highest BCUT2D eigenvalue weighted by Gasteiger charge is 2.47. The lowest BCUT2D eigenvalue weighted by Gasteiger charge is -2.42. The molecule has 8 nitrogen and oxygen atoms in total. The molecule has 0 bridgehead atoms. The van der Waals surface area contributed by atoms with E-state index in [0.29, 0.717) is 22.6 Å². The van der Waals surface area contributed by atoms with Crippen molar-refractivity contribution in [2.75, 3.05) is 32.5 Å². The van der Waals surface area contributed by atoms with Gasteiger partial charge < -0.3 is 30.4 Å². The molecule has 0 atom stereocenters. The summed E-state index contributed by atoms with van der Waals surface area (Å²) in [5.74, 6) is 0.363. The Hall–Kier alpha value is -2.58. The summed E-state index contributed by atoms with van der Waals surface area (Å²) in [5.41, 5.74) is 13.5. The number of methoxy groups -OCH3 is 2. The predicted molar refractivity (Wildman–Crippen MR) is 83.0 cm³/mol. The molecule has 0 spiro atoms. The smallest absolute Gasteiger partial charge is 0.231 e. The minimum Gasteiger partial charge on any atom is -0.496 e. The number of rotatable bonds is 4. The lowest BCUT2D eigenvalue weighted by Crippen LogP contribution is -2.45. The van der Waals surface area contributed by atoms with Crippen LogP contribution in [0.3, 0.4) is 0 Å². The summed E-state index contributed by atoms with van der Waals surface area (Å²) >= 11 is 0. The monoisotopic (exact) mass is 318 g/mol. The van der Waals surface area contributed by atoms with Crippen molar-refractivity contribution in [3.63, 3.8) is 0 Å². The van der Waals surface area contributed by atoms with E-state index in [9.17, 15) is 0 Å². The van der Waals surface area contributed by atoms with Crippen molar-refractivity contribution in [2.24, 2.45) is 0 Å². The fraction of sp³-hybridized carbons (Fsp3) is 0.333. The molecule has 122 valence electrons. The third-order valence-electron chi connectivity index (χ3n) is 3.85. The molecule has 0 amide bonds. The third kappa shape index (κ3) is 2.32. The molecule has 1 aliphatic heterocycles. The molecule has 0 saturated carbocycles. The lowest BCUT2D eigenvalue weighted by molar-refractivity contribution is -0.386. The quantitative estimate of drug-likeness (QED) is 0.863. The van der Waals surface area contributed by atoms with Gasteiger partial charge in [0, 0.05) is 17.3 Å². The summed E-state index contributed by atoms with van der Waals surface area (Å²) in [4.78, 5) is 7.95. The van der Waals surface area contributed by atoms with E-state index < -0.39 is 5.79 Å². The number of nitrogen functional groups attached to an aromatic ring is 2. The van der Waals surface area contributed by atoms with Crippen LogP contribution in [-0.4, -0.2) is 31.0 Å². The number of ether oxygens (including phenoxy) is 4. The van der Waals surface area contributed by atoms with Crippen molar-refractivity contribution in [3.8, 4) is 11.5 Å². The van der Waals surface area contributed by atoms with Gasteiger partial charge in [-0.1, -0.05) is 0 Å². The Balaban J connectivity index is 2.17. The van der Waals surface area contributed by atoms with E-state index >= 15 is 0 Å². The van der Waals surface area contributed by atoms with Crippen LogP contribution in [0.25, 0.3) is 0 Å². The lowest BCUT2D eigenvalue weighted by atomic mass is 9.95. The second-order valence-corrected chi connectivity index (χ2v) is 5.06. The number of anilines is 2. The Morgan fingerprint density at radius 3 is 2.17 bits per heavy atom. The molecule has 0 unspecified atom stereocenters. The summed E-state index contributed by atoms with van der Waals surface area (Å²) in [5, 5.41) is 0. The van der Waals surface area contributed by atoms with E-state index in [2.05, 4.69) is 9.97 Å². The Morgan fingerprint density at radius 2 is 1.74 bits per heavy atom. The fourth-order valence-corrected chi connectivity index (χ4v) is 2.59. The Morgan fingerprint density at radius 1 is 1.13 bits per heavy atom. The van der Waals surface area contributed by atoms with E-state index in [1.165, 1.54) is 6.20 Å². The van der Waals surface area contributed by atoms with Gasteiger partial charge in [0.05, 0.1) is 19.8 Å². The maximum atomic E-state index is 5.97. The molecule has 23 heavy (non-hydrogen) atoms. The molecule has 8 heteroatoms. The average Bonchev–Trinajstić information content (AvgIpc) is 2.49.